The Balaban J connectivity index is 1.90. The van der Waals surface area contributed by atoms with Gasteiger partial charge >= 0.3 is 6.18 Å². The summed E-state index contributed by atoms with van der Waals surface area (Å²) in [6.45, 7) is 0.855. The van der Waals surface area contributed by atoms with Gasteiger partial charge in [-0.1, -0.05) is 29.8 Å². The molecule has 2 aromatic rings. The summed E-state index contributed by atoms with van der Waals surface area (Å²) in [7, 11) is 0. The highest BCUT2D eigenvalue weighted by molar-refractivity contribution is 6.30. The van der Waals surface area contributed by atoms with Gasteiger partial charge in [0.2, 0.25) is 0 Å². The van der Waals surface area contributed by atoms with Crippen LogP contribution in [-0.2, 0) is 19.3 Å². The highest BCUT2D eigenvalue weighted by Crippen LogP contribution is 2.29. The molecule has 0 saturated heterocycles. The van der Waals surface area contributed by atoms with Crippen molar-refractivity contribution in [2.45, 2.75) is 19.3 Å². The van der Waals surface area contributed by atoms with E-state index in [9.17, 15) is 17.6 Å². The third-order valence-electron chi connectivity index (χ3n) is 2.92. The summed E-state index contributed by atoms with van der Waals surface area (Å²) in [4.78, 5) is 0. The number of alkyl halides is 3. The van der Waals surface area contributed by atoms with E-state index in [2.05, 4.69) is 5.32 Å². The molecular weight excluding hydrogens is 306 g/mol. The van der Waals surface area contributed by atoms with Crippen molar-refractivity contribution < 1.29 is 17.6 Å². The standard InChI is InChI=1S/C15H12ClF4N/c16-13-7-11(3-6-14(13)17)9-21-8-10-1-4-12(5-2-10)15(18,19)20/h1-7,21H,8-9H2. The maximum atomic E-state index is 13.0. The van der Waals surface area contributed by atoms with Gasteiger partial charge in [-0.25, -0.2) is 4.39 Å². The maximum Gasteiger partial charge on any atom is 0.416 e. The third kappa shape index (κ3) is 4.44. The van der Waals surface area contributed by atoms with Gasteiger partial charge in [0.15, 0.2) is 0 Å². The van der Waals surface area contributed by atoms with Gasteiger partial charge in [0.1, 0.15) is 5.82 Å². The van der Waals surface area contributed by atoms with Crippen LogP contribution < -0.4 is 5.32 Å². The van der Waals surface area contributed by atoms with Crippen LogP contribution in [0.5, 0.6) is 0 Å². The van der Waals surface area contributed by atoms with Crippen LogP contribution in [0.4, 0.5) is 17.6 Å². The van der Waals surface area contributed by atoms with Crippen LogP contribution in [0.1, 0.15) is 16.7 Å². The Hall–Kier alpha value is -1.59. The minimum Gasteiger partial charge on any atom is -0.309 e. The van der Waals surface area contributed by atoms with Gasteiger partial charge in [-0.3, -0.25) is 0 Å². The molecule has 1 nitrogen and oxygen atoms in total. The lowest BCUT2D eigenvalue weighted by Crippen LogP contribution is -2.13. The lowest BCUT2D eigenvalue weighted by atomic mass is 10.1. The van der Waals surface area contributed by atoms with E-state index in [1.54, 1.807) is 6.07 Å². The molecular formula is C15H12ClF4N. The van der Waals surface area contributed by atoms with Crippen molar-refractivity contribution in [3.63, 3.8) is 0 Å². The zero-order valence-corrected chi connectivity index (χ0v) is 11.6. The van der Waals surface area contributed by atoms with Crippen LogP contribution in [0.3, 0.4) is 0 Å². The van der Waals surface area contributed by atoms with Crippen LogP contribution in [0.15, 0.2) is 42.5 Å². The Morgan fingerprint density at radius 3 is 2.05 bits per heavy atom. The molecule has 112 valence electrons. The fourth-order valence-corrected chi connectivity index (χ4v) is 2.02. The van der Waals surface area contributed by atoms with Crippen LogP contribution in [0, 0.1) is 5.82 Å². The van der Waals surface area contributed by atoms with Gasteiger partial charge in [-0.2, -0.15) is 13.2 Å². The Morgan fingerprint density at radius 2 is 1.48 bits per heavy atom. The van der Waals surface area contributed by atoms with Crippen LogP contribution in [0.2, 0.25) is 5.02 Å². The van der Waals surface area contributed by atoms with Crippen molar-refractivity contribution >= 4 is 11.6 Å². The van der Waals surface area contributed by atoms with E-state index in [-0.39, 0.29) is 5.02 Å². The van der Waals surface area contributed by atoms with Gasteiger partial charge in [0, 0.05) is 13.1 Å². The molecule has 0 saturated carbocycles. The summed E-state index contributed by atoms with van der Waals surface area (Å²) in [5, 5.41) is 3.11. The third-order valence-corrected chi connectivity index (χ3v) is 3.21. The first-order valence-electron chi connectivity index (χ1n) is 6.17. The average Bonchev–Trinajstić information content (AvgIpc) is 2.42. The van der Waals surface area contributed by atoms with Gasteiger partial charge in [0.25, 0.3) is 0 Å². The number of halogens is 5. The second-order valence-electron chi connectivity index (χ2n) is 4.55. The fraction of sp³-hybridized carbons (Fsp3) is 0.200. The molecule has 0 heterocycles. The van der Waals surface area contributed by atoms with Crippen LogP contribution in [0.25, 0.3) is 0 Å². The fourth-order valence-electron chi connectivity index (χ4n) is 1.81. The highest BCUT2D eigenvalue weighted by Gasteiger charge is 2.29. The van der Waals surface area contributed by atoms with Crippen molar-refractivity contribution in [2.24, 2.45) is 0 Å². The summed E-state index contributed by atoms with van der Waals surface area (Å²) in [5.41, 5.74) is 0.862. The first-order valence-corrected chi connectivity index (χ1v) is 6.55. The van der Waals surface area contributed by atoms with E-state index in [4.69, 9.17) is 11.6 Å². The molecule has 0 unspecified atom stereocenters. The molecule has 2 aromatic carbocycles. The normalized spacial score (nSPS) is 11.7. The smallest absolute Gasteiger partial charge is 0.309 e. The predicted octanol–water partition coefficient (Wildman–Crippen LogP) is 4.79. The Morgan fingerprint density at radius 1 is 0.905 bits per heavy atom. The molecule has 0 atom stereocenters. The predicted molar refractivity (Wildman–Crippen MR) is 73.4 cm³/mol. The van der Waals surface area contributed by atoms with Crippen molar-refractivity contribution in [1.29, 1.82) is 0 Å². The number of nitrogens with one attached hydrogen (secondary N) is 1. The van der Waals surface area contributed by atoms with Crippen molar-refractivity contribution in [3.05, 3.63) is 70.0 Å². The van der Waals surface area contributed by atoms with E-state index in [0.717, 1.165) is 23.3 Å². The number of hydrogen-bond acceptors (Lipinski definition) is 1. The molecule has 2 rings (SSSR count). The minimum atomic E-state index is -4.32. The van der Waals surface area contributed by atoms with Crippen molar-refractivity contribution in [2.75, 3.05) is 0 Å². The van der Waals surface area contributed by atoms with E-state index < -0.39 is 17.6 Å². The zero-order valence-electron chi connectivity index (χ0n) is 10.8. The summed E-state index contributed by atoms with van der Waals surface area (Å²) in [5.74, 6) is -0.483. The molecule has 21 heavy (non-hydrogen) atoms. The van der Waals surface area contributed by atoms with Gasteiger partial charge < -0.3 is 5.32 Å². The van der Waals surface area contributed by atoms with Gasteiger partial charge in [-0.05, 0) is 35.4 Å². The molecule has 0 radical (unpaired) electrons. The lowest BCUT2D eigenvalue weighted by molar-refractivity contribution is -0.137. The second kappa shape index (κ2) is 6.45. The Bertz CT molecular complexity index is 608. The molecule has 0 aliphatic heterocycles. The van der Waals surface area contributed by atoms with E-state index in [1.807, 2.05) is 0 Å². The quantitative estimate of drug-likeness (QED) is 0.800. The maximum absolute atomic E-state index is 13.0. The number of rotatable bonds is 4. The van der Waals surface area contributed by atoms with E-state index in [1.165, 1.54) is 24.3 Å². The number of hydrogen-bond donors (Lipinski definition) is 1. The van der Waals surface area contributed by atoms with Gasteiger partial charge in [-0.15, -0.1) is 0 Å². The Kier molecular flexibility index (Phi) is 4.85. The topological polar surface area (TPSA) is 12.0 Å². The summed E-state index contributed by atoms with van der Waals surface area (Å²) in [6, 6.07) is 9.33. The lowest BCUT2D eigenvalue weighted by Gasteiger charge is -2.09. The Labute approximate surface area is 124 Å². The van der Waals surface area contributed by atoms with Crippen molar-refractivity contribution in [3.8, 4) is 0 Å². The zero-order chi connectivity index (χ0) is 15.5. The molecule has 1 N–H and O–H groups in total. The molecule has 0 bridgehead atoms. The van der Waals surface area contributed by atoms with Crippen LogP contribution in [-0.4, -0.2) is 0 Å². The summed E-state index contributed by atoms with van der Waals surface area (Å²) >= 11 is 5.66. The highest BCUT2D eigenvalue weighted by atomic mass is 35.5. The molecule has 0 aliphatic rings. The largest absolute Gasteiger partial charge is 0.416 e. The molecule has 0 amide bonds. The first-order chi connectivity index (χ1) is 9.86. The molecule has 0 aliphatic carbocycles. The summed E-state index contributed by atoms with van der Waals surface area (Å²) < 4.78 is 50.2. The second-order valence-corrected chi connectivity index (χ2v) is 4.95. The summed E-state index contributed by atoms with van der Waals surface area (Å²) in [6.07, 6.45) is -4.32. The van der Waals surface area contributed by atoms with E-state index in [0.29, 0.717) is 13.1 Å². The van der Waals surface area contributed by atoms with Gasteiger partial charge in [0.05, 0.1) is 10.6 Å². The minimum absolute atomic E-state index is 0.0452. The van der Waals surface area contributed by atoms with Crippen molar-refractivity contribution in [1.82, 2.24) is 5.32 Å². The molecule has 0 fully saturated rings. The first kappa shape index (κ1) is 15.8. The SMILES string of the molecule is Fc1ccc(CNCc2ccc(C(F)(F)F)cc2)cc1Cl. The monoisotopic (exact) mass is 317 g/mol. The number of benzene rings is 2. The molecule has 6 heteroatoms. The molecule has 0 spiro atoms. The van der Waals surface area contributed by atoms with Crippen LogP contribution >= 0.6 is 11.6 Å². The molecule has 0 aromatic heterocycles. The van der Waals surface area contributed by atoms with E-state index >= 15 is 0 Å². The average molecular weight is 318 g/mol.